The molecule has 2 aliphatic rings. The molecule has 2 heterocycles. The summed E-state index contributed by atoms with van der Waals surface area (Å²) in [5, 5.41) is 17.9. The molecule has 6 nitrogen and oxygen atoms in total. The summed E-state index contributed by atoms with van der Waals surface area (Å²) < 4.78 is 0. The van der Waals surface area contributed by atoms with E-state index in [1.807, 2.05) is 0 Å². The predicted molar refractivity (Wildman–Crippen MR) is 60.1 cm³/mol. The van der Waals surface area contributed by atoms with Gasteiger partial charge in [0.2, 0.25) is 0 Å². The van der Waals surface area contributed by atoms with Crippen LogP contribution in [-0.4, -0.2) is 58.4 Å². The largest absolute Gasteiger partial charge is 0.465 e. The molecule has 2 fully saturated rings. The summed E-state index contributed by atoms with van der Waals surface area (Å²) >= 11 is 0. The fourth-order valence-electron chi connectivity index (χ4n) is 2.95. The first-order chi connectivity index (χ1) is 8.02. The van der Waals surface area contributed by atoms with E-state index in [2.05, 4.69) is 0 Å². The van der Waals surface area contributed by atoms with Crippen LogP contribution < -0.4 is 0 Å². The molecule has 2 aliphatic heterocycles. The Hall–Kier alpha value is -1.46. The fourth-order valence-corrected chi connectivity index (χ4v) is 2.95. The molecule has 0 radical (unpaired) electrons. The van der Waals surface area contributed by atoms with Gasteiger partial charge in [-0.25, -0.2) is 9.59 Å². The average molecular weight is 242 g/mol. The number of hydrogen-bond donors (Lipinski definition) is 2. The minimum Gasteiger partial charge on any atom is -0.465 e. The minimum absolute atomic E-state index is 0.0165. The van der Waals surface area contributed by atoms with Crippen LogP contribution >= 0.6 is 0 Å². The summed E-state index contributed by atoms with van der Waals surface area (Å²) in [5.41, 5.74) is 0.0165. The third kappa shape index (κ3) is 2.45. The van der Waals surface area contributed by atoms with Gasteiger partial charge in [-0.2, -0.15) is 0 Å². The monoisotopic (exact) mass is 242 g/mol. The summed E-state index contributed by atoms with van der Waals surface area (Å²) in [6, 6.07) is 0. The van der Waals surface area contributed by atoms with Gasteiger partial charge in [-0.15, -0.1) is 0 Å². The highest BCUT2D eigenvalue weighted by Gasteiger charge is 2.40. The molecule has 2 rings (SSSR count). The molecule has 0 unspecified atom stereocenters. The topological polar surface area (TPSA) is 81.1 Å². The van der Waals surface area contributed by atoms with Crippen LogP contribution in [-0.2, 0) is 0 Å². The van der Waals surface area contributed by atoms with E-state index in [0.717, 1.165) is 25.7 Å². The van der Waals surface area contributed by atoms with Gasteiger partial charge >= 0.3 is 12.2 Å². The van der Waals surface area contributed by atoms with Crippen molar-refractivity contribution >= 4 is 12.2 Å². The lowest BCUT2D eigenvalue weighted by Crippen LogP contribution is -2.51. The third-order valence-electron chi connectivity index (χ3n) is 4.03. The number of nitrogens with zero attached hydrogens (tertiary/aromatic N) is 2. The van der Waals surface area contributed by atoms with Gasteiger partial charge in [0.15, 0.2) is 0 Å². The summed E-state index contributed by atoms with van der Waals surface area (Å²) in [5.74, 6) is 0. The highest BCUT2D eigenvalue weighted by Crippen LogP contribution is 2.39. The smallest absolute Gasteiger partial charge is 0.407 e. The van der Waals surface area contributed by atoms with Gasteiger partial charge in [-0.3, -0.25) is 0 Å². The van der Waals surface area contributed by atoms with E-state index in [1.165, 1.54) is 9.80 Å². The van der Waals surface area contributed by atoms with Crippen LogP contribution in [0.25, 0.3) is 0 Å². The SMILES string of the molecule is O=C(O)N1CCC2(CCCN(C(=O)O)C2)CC1. The maximum atomic E-state index is 11.0. The van der Waals surface area contributed by atoms with Crippen LogP contribution in [0.2, 0.25) is 0 Å². The first kappa shape index (κ1) is 12.0. The Labute approximate surface area is 99.8 Å². The van der Waals surface area contributed by atoms with Gasteiger partial charge in [-0.1, -0.05) is 0 Å². The van der Waals surface area contributed by atoms with Crippen LogP contribution in [0, 0.1) is 5.41 Å². The number of hydrogen-bond acceptors (Lipinski definition) is 2. The second-order valence-electron chi connectivity index (χ2n) is 5.08. The van der Waals surface area contributed by atoms with E-state index in [9.17, 15) is 9.59 Å². The van der Waals surface area contributed by atoms with E-state index in [-0.39, 0.29) is 5.41 Å². The van der Waals surface area contributed by atoms with E-state index >= 15 is 0 Å². The van der Waals surface area contributed by atoms with E-state index < -0.39 is 12.2 Å². The molecule has 0 aliphatic carbocycles. The second-order valence-corrected chi connectivity index (χ2v) is 5.08. The van der Waals surface area contributed by atoms with Gasteiger partial charge < -0.3 is 20.0 Å². The number of carboxylic acid groups (broad SMARTS) is 2. The van der Waals surface area contributed by atoms with Crippen molar-refractivity contribution in [1.82, 2.24) is 9.80 Å². The van der Waals surface area contributed by atoms with Gasteiger partial charge in [0.25, 0.3) is 0 Å². The summed E-state index contributed by atoms with van der Waals surface area (Å²) in [7, 11) is 0. The summed E-state index contributed by atoms with van der Waals surface area (Å²) in [6.07, 6.45) is 1.74. The van der Waals surface area contributed by atoms with Crippen molar-refractivity contribution < 1.29 is 19.8 Å². The molecular weight excluding hydrogens is 224 g/mol. The first-order valence-electron chi connectivity index (χ1n) is 5.98. The van der Waals surface area contributed by atoms with Gasteiger partial charge in [0.1, 0.15) is 0 Å². The Morgan fingerprint density at radius 2 is 1.47 bits per heavy atom. The second kappa shape index (κ2) is 4.43. The van der Waals surface area contributed by atoms with Crippen LogP contribution in [0.3, 0.4) is 0 Å². The molecule has 0 aromatic rings. The maximum Gasteiger partial charge on any atom is 0.407 e. The van der Waals surface area contributed by atoms with Gasteiger partial charge in [0.05, 0.1) is 0 Å². The molecule has 17 heavy (non-hydrogen) atoms. The highest BCUT2D eigenvalue weighted by atomic mass is 16.4. The van der Waals surface area contributed by atoms with Crippen molar-refractivity contribution in [3.8, 4) is 0 Å². The van der Waals surface area contributed by atoms with Crippen molar-refractivity contribution in [3.63, 3.8) is 0 Å². The Balaban J connectivity index is 1.97. The molecule has 2 saturated heterocycles. The van der Waals surface area contributed by atoms with E-state index in [4.69, 9.17) is 10.2 Å². The normalized spacial score (nSPS) is 23.8. The molecule has 2 N–H and O–H groups in total. The van der Waals surface area contributed by atoms with Crippen LogP contribution in [0.5, 0.6) is 0 Å². The quantitative estimate of drug-likeness (QED) is 0.674. The van der Waals surface area contributed by atoms with Crippen LogP contribution in [0.4, 0.5) is 9.59 Å². The van der Waals surface area contributed by atoms with Crippen molar-refractivity contribution in [1.29, 1.82) is 0 Å². The van der Waals surface area contributed by atoms with Crippen molar-refractivity contribution in [2.24, 2.45) is 5.41 Å². The first-order valence-corrected chi connectivity index (χ1v) is 5.98. The highest BCUT2D eigenvalue weighted by molar-refractivity contribution is 5.65. The van der Waals surface area contributed by atoms with Crippen molar-refractivity contribution in [2.45, 2.75) is 25.7 Å². The Morgan fingerprint density at radius 1 is 0.882 bits per heavy atom. The summed E-state index contributed by atoms with van der Waals surface area (Å²) in [4.78, 5) is 24.7. The molecular formula is C11H18N2O4. The molecule has 96 valence electrons. The summed E-state index contributed by atoms with van der Waals surface area (Å²) in [6.45, 7) is 2.24. The minimum atomic E-state index is -0.870. The van der Waals surface area contributed by atoms with E-state index in [0.29, 0.717) is 26.2 Å². The van der Waals surface area contributed by atoms with E-state index in [1.54, 1.807) is 0 Å². The Bertz CT molecular complexity index is 323. The lowest BCUT2D eigenvalue weighted by atomic mass is 9.72. The standard InChI is InChI=1S/C11H18N2O4/c14-9(15)12-6-3-11(4-7-12)2-1-5-13(8-11)10(16)17/h1-8H2,(H,14,15)(H,16,17). The number of piperidine rings is 2. The number of rotatable bonds is 0. The van der Waals surface area contributed by atoms with Crippen molar-refractivity contribution in [3.05, 3.63) is 0 Å². The molecule has 2 amide bonds. The van der Waals surface area contributed by atoms with Crippen molar-refractivity contribution in [2.75, 3.05) is 26.2 Å². The molecule has 0 atom stereocenters. The number of carbonyl (C=O) groups is 2. The molecule has 0 aromatic heterocycles. The fraction of sp³-hybridized carbons (Fsp3) is 0.818. The zero-order valence-electron chi connectivity index (χ0n) is 9.76. The molecule has 0 saturated carbocycles. The maximum absolute atomic E-state index is 11.0. The van der Waals surface area contributed by atoms with Gasteiger partial charge in [0, 0.05) is 26.2 Å². The Morgan fingerprint density at radius 3 is 2.00 bits per heavy atom. The molecule has 0 aromatic carbocycles. The molecule has 6 heteroatoms. The molecule has 0 bridgehead atoms. The predicted octanol–water partition coefficient (Wildman–Crippen LogP) is 1.52. The zero-order chi connectivity index (χ0) is 12.5. The number of amides is 2. The lowest BCUT2D eigenvalue weighted by Gasteiger charge is -2.46. The third-order valence-corrected chi connectivity index (χ3v) is 4.03. The number of likely N-dealkylation sites (tertiary alicyclic amines) is 2. The zero-order valence-corrected chi connectivity index (χ0v) is 9.76. The van der Waals surface area contributed by atoms with Gasteiger partial charge in [-0.05, 0) is 31.1 Å². The van der Waals surface area contributed by atoms with Crippen LogP contribution in [0.1, 0.15) is 25.7 Å². The lowest BCUT2D eigenvalue weighted by molar-refractivity contribution is 0.0283. The Kier molecular flexibility index (Phi) is 3.13. The van der Waals surface area contributed by atoms with Crippen LogP contribution in [0.15, 0.2) is 0 Å². The average Bonchev–Trinajstić information content (AvgIpc) is 2.29. The molecule has 1 spiro atoms.